The molecule has 156 valence electrons. The number of halogens is 2. The molecule has 2 N–H and O–H groups in total. The third-order valence-electron chi connectivity index (χ3n) is 5.45. The molecular formula is C21H32BrIN4O. The molecule has 1 saturated heterocycles. The minimum absolute atomic E-state index is 0. The van der Waals surface area contributed by atoms with Crippen molar-refractivity contribution in [1.82, 2.24) is 15.5 Å². The maximum absolute atomic E-state index is 12.7. The van der Waals surface area contributed by atoms with Gasteiger partial charge in [-0.15, -0.1) is 24.0 Å². The summed E-state index contributed by atoms with van der Waals surface area (Å²) in [7, 11) is 0. The van der Waals surface area contributed by atoms with Crippen LogP contribution in [0, 0.1) is 5.92 Å². The number of rotatable bonds is 5. The Kier molecular flexibility index (Phi) is 10.0. The third kappa shape index (κ3) is 6.90. The van der Waals surface area contributed by atoms with Crippen molar-refractivity contribution in [2.24, 2.45) is 10.9 Å². The highest BCUT2D eigenvalue weighted by molar-refractivity contribution is 14.0. The first-order chi connectivity index (χ1) is 13.2. The molecule has 1 atom stereocenters. The number of hydrogen-bond donors (Lipinski definition) is 2. The van der Waals surface area contributed by atoms with Crippen molar-refractivity contribution in [2.45, 2.75) is 58.0 Å². The van der Waals surface area contributed by atoms with E-state index >= 15 is 0 Å². The Morgan fingerprint density at radius 2 is 2.04 bits per heavy atom. The topological polar surface area (TPSA) is 56.7 Å². The zero-order valence-corrected chi connectivity index (χ0v) is 20.5. The fourth-order valence-corrected chi connectivity index (χ4v) is 4.45. The largest absolute Gasteiger partial charge is 0.357 e. The van der Waals surface area contributed by atoms with Gasteiger partial charge in [0, 0.05) is 36.1 Å². The summed E-state index contributed by atoms with van der Waals surface area (Å²) >= 11 is 3.51. The van der Waals surface area contributed by atoms with Gasteiger partial charge in [0.05, 0.1) is 6.54 Å². The molecule has 0 aromatic heterocycles. The first kappa shape index (κ1) is 23.4. The van der Waals surface area contributed by atoms with Crippen molar-refractivity contribution in [2.75, 3.05) is 19.6 Å². The van der Waals surface area contributed by atoms with Gasteiger partial charge in [0.2, 0.25) is 5.91 Å². The summed E-state index contributed by atoms with van der Waals surface area (Å²) in [6.45, 7) is 5.17. The first-order valence-corrected chi connectivity index (χ1v) is 11.0. The average molecular weight is 563 g/mol. The van der Waals surface area contributed by atoms with Crippen LogP contribution in [0.3, 0.4) is 0 Å². The van der Waals surface area contributed by atoms with Crippen molar-refractivity contribution >= 4 is 51.8 Å². The normalized spacial score (nSPS) is 20.6. The van der Waals surface area contributed by atoms with Gasteiger partial charge in [0.15, 0.2) is 5.96 Å². The van der Waals surface area contributed by atoms with Gasteiger partial charge in [-0.05, 0) is 43.9 Å². The van der Waals surface area contributed by atoms with Crippen molar-refractivity contribution in [1.29, 1.82) is 0 Å². The van der Waals surface area contributed by atoms with Crippen LogP contribution in [-0.2, 0) is 11.3 Å². The molecular weight excluding hydrogens is 531 g/mol. The van der Waals surface area contributed by atoms with E-state index in [-0.39, 0.29) is 35.9 Å². The van der Waals surface area contributed by atoms with Crippen molar-refractivity contribution in [3.05, 3.63) is 34.3 Å². The minimum atomic E-state index is 0. The van der Waals surface area contributed by atoms with Gasteiger partial charge in [-0.2, -0.15) is 0 Å². The quantitative estimate of drug-likeness (QED) is 0.319. The molecule has 28 heavy (non-hydrogen) atoms. The lowest BCUT2D eigenvalue weighted by Crippen LogP contribution is -2.45. The first-order valence-electron chi connectivity index (χ1n) is 10.2. The fraction of sp³-hybridized carbons (Fsp3) is 0.619. The Balaban J connectivity index is 0.00000280. The number of aliphatic imine (C=N–C) groups is 1. The molecule has 5 nitrogen and oxygen atoms in total. The highest BCUT2D eigenvalue weighted by atomic mass is 127. The fourth-order valence-electron chi connectivity index (χ4n) is 4.01. The van der Waals surface area contributed by atoms with Gasteiger partial charge in [0.1, 0.15) is 0 Å². The number of carbonyl (C=O) groups is 1. The summed E-state index contributed by atoms with van der Waals surface area (Å²) in [5.41, 5.74) is 1.17. The SMILES string of the molecule is CCNC(=NCc1cccc(Br)c1)NC1CCN(C(=O)C2CCCCC2)C1.I. The van der Waals surface area contributed by atoms with Gasteiger partial charge in [-0.3, -0.25) is 4.79 Å². The second-order valence-corrected chi connectivity index (χ2v) is 8.49. The second kappa shape index (κ2) is 12.0. The molecule has 7 heteroatoms. The van der Waals surface area contributed by atoms with E-state index in [1.54, 1.807) is 0 Å². The molecule has 0 bridgehead atoms. The molecule has 1 heterocycles. The number of carbonyl (C=O) groups excluding carboxylic acids is 1. The number of likely N-dealkylation sites (tertiary alicyclic amines) is 1. The Morgan fingerprint density at radius 1 is 1.25 bits per heavy atom. The average Bonchev–Trinajstić information content (AvgIpc) is 3.15. The van der Waals surface area contributed by atoms with Crippen LogP contribution in [0.5, 0.6) is 0 Å². The van der Waals surface area contributed by atoms with E-state index in [1.807, 2.05) is 12.1 Å². The maximum atomic E-state index is 12.7. The van der Waals surface area contributed by atoms with Crippen LogP contribution < -0.4 is 10.6 Å². The van der Waals surface area contributed by atoms with Gasteiger partial charge in [0.25, 0.3) is 0 Å². The molecule has 1 aromatic rings. The molecule has 3 rings (SSSR count). The van der Waals surface area contributed by atoms with E-state index in [0.717, 1.165) is 49.3 Å². The van der Waals surface area contributed by atoms with Crippen LogP contribution in [0.2, 0.25) is 0 Å². The van der Waals surface area contributed by atoms with Gasteiger partial charge in [-0.25, -0.2) is 4.99 Å². The van der Waals surface area contributed by atoms with Crippen LogP contribution in [0.25, 0.3) is 0 Å². The second-order valence-electron chi connectivity index (χ2n) is 7.57. The lowest BCUT2D eigenvalue weighted by Gasteiger charge is -2.26. The van der Waals surface area contributed by atoms with Crippen LogP contribution in [0.1, 0.15) is 51.0 Å². The van der Waals surface area contributed by atoms with E-state index < -0.39 is 0 Å². The standard InChI is InChI=1S/C21H31BrN4O.HI/c1-2-23-21(24-14-16-7-6-10-18(22)13-16)25-19-11-12-26(15-19)20(27)17-8-4-3-5-9-17;/h6-7,10,13,17,19H,2-5,8-9,11-12,14-15H2,1H3,(H2,23,24,25);1H. The Hall–Kier alpha value is -0.830. The predicted molar refractivity (Wildman–Crippen MR) is 129 cm³/mol. The Labute approximate surface area is 194 Å². The molecule has 0 spiro atoms. The number of benzene rings is 1. The monoisotopic (exact) mass is 562 g/mol. The van der Waals surface area contributed by atoms with E-state index in [0.29, 0.717) is 12.5 Å². The number of nitrogens with zero attached hydrogens (tertiary/aromatic N) is 2. The van der Waals surface area contributed by atoms with Gasteiger partial charge >= 0.3 is 0 Å². The molecule has 1 aliphatic carbocycles. The molecule has 1 saturated carbocycles. The summed E-state index contributed by atoms with van der Waals surface area (Å²) in [5.74, 6) is 1.46. The van der Waals surface area contributed by atoms with Crippen LogP contribution in [0.4, 0.5) is 0 Å². The van der Waals surface area contributed by atoms with Crippen LogP contribution in [-0.4, -0.2) is 42.4 Å². The van der Waals surface area contributed by atoms with Crippen LogP contribution in [0.15, 0.2) is 33.7 Å². The van der Waals surface area contributed by atoms with E-state index in [9.17, 15) is 4.79 Å². The van der Waals surface area contributed by atoms with E-state index in [2.05, 4.69) is 50.5 Å². The third-order valence-corrected chi connectivity index (χ3v) is 5.94. The maximum Gasteiger partial charge on any atom is 0.225 e. The highest BCUT2D eigenvalue weighted by Gasteiger charge is 2.31. The molecule has 1 amide bonds. The predicted octanol–water partition coefficient (Wildman–Crippen LogP) is 4.30. The molecule has 0 radical (unpaired) electrons. The zero-order chi connectivity index (χ0) is 19.1. The molecule has 1 aromatic carbocycles. The zero-order valence-electron chi connectivity index (χ0n) is 16.6. The smallest absolute Gasteiger partial charge is 0.225 e. The van der Waals surface area contributed by atoms with E-state index in [4.69, 9.17) is 4.99 Å². The summed E-state index contributed by atoms with van der Waals surface area (Å²) < 4.78 is 1.07. The van der Waals surface area contributed by atoms with Crippen molar-refractivity contribution in [3.8, 4) is 0 Å². The molecule has 1 aliphatic heterocycles. The lowest BCUT2D eigenvalue weighted by atomic mass is 9.88. The van der Waals surface area contributed by atoms with Gasteiger partial charge in [-0.1, -0.05) is 47.3 Å². The summed E-state index contributed by atoms with van der Waals surface area (Å²) in [4.78, 5) is 19.5. The summed E-state index contributed by atoms with van der Waals surface area (Å²) in [6, 6.07) is 8.50. The van der Waals surface area contributed by atoms with Crippen LogP contribution >= 0.6 is 39.9 Å². The number of hydrogen-bond acceptors (Lipinski definition) is 2. The number of nitrogens with one attached hydrogen (secondary N) is 2. The molecule has 2 aliphatic rings. The summed E-state index contributed by atoms with van der Waals surface area (Å²) in [6.07, 6.45) is 6.83. The summed E-state index contributed by atoms with van der Waals surface area (Å²) in [5, 5.41) is 6.85. The Bertz CT molecular complexity index is 664. The van der Waals surface area contributed by atoms with Gasteiger partial charge < -0.3 is 15.5 Å². The number of amides is 1. The van der Waals surface area contributed by atoms with Crippen molar-refractivity contribution in [3.63, 3.8) is 0 Å². The van der Waals surface area contributed by atoms with E-state index in [1.165, 1.54) is 24.8 Å². The van der Waals surface area contributed by atoms with Crippen molar-refractivity contribution < 1.29 is 4.79 Å². The Morgan fingerprint density at radius 3 is 2.75 bits per heavy atom. The minimum Gasteiger partial charge on any atom is -0.357 e. The molecule has 2 fully saturated rings. The molecule has 1 unspecified atom stereocenters. The number of guanidine groups is 1. The highest BCUT2D eigenvalue weighted by Crippen LogP contribution is 2.26. The lowest BCUT2D eigenvalue weighted by molar-refractivity contribution is -0.135.